The van der Waals surface area contributed by atoms with Crippen molar-refractivity contribution in [1.82, 2.24) is 4.98 Å². The first-order chi connectivity index (χ1) is 9.10. The van der Waals surface area contributed by atoms with E-state index in [9.17, 15) is 9.18 Å². The van der Waals surface area contributed by atoms with E-state index in [2.05, 4.69) is 4.98 Å². The minimum atomic E-state index is -0.431. The molecule has 2 rings (SSSR count). The SMILES string of the molecule is CCC(=O)c1ccc(Oc2ccc(F)cc2Cl)cn1. The van der Waals surface area contributed by atoms with Crippen molar-refractivity contribution in [3.8, 4) is 11.5 Å². The van der Waals surface area contributed by atoms with Gasteiger partial charge in [-0.2, -0.15) is 0 Å². The topological polar surface area (TPSA) is 39.2 Å². The largest absolute Gasteiger partial charge is 0.454 e. The summed E-state index contributed by atoms with van der Waals surface area (Å²) in [7, 11) is 0. The van der Waals surface area contributed by atoms with Crippen molar-refractivity contribution in [2.45, 2.75) is 13.3 Å². The van der Waals surface area contributed by atoms with Crippen LogP contribution in [-0.2, 0) is 0 Å². The Morgan fingerprint density at radius 2 is 2.16 bits per heavy atom. The van der Waals surface area contributed by atoms with E-state index in [-0.39, 0.29) is 10.8 Å². The summed E-state index contributed by atoms with van der Waals surface area (Å²) in [6.07, 6.45) is 1.83. The molecule has 0 bridgehead atoms. The smallest absolute Gasteiger partial charge is 0.180 e. The standard InChI is InChI=1S/C14H11ClFNO2/c1-2-13(18)12-5-4-10(8-17-12)19-14-6-3-9(16)7-11(14)15/h3-8H,2H2,1H3. The fraction of sp³-hybridized carbons (Fsp3) is 0.143. The van der Waals surface area contributed by atoms with Gasteiger partial charge in [-0.05, 0) is 30.3 Å². The second-order valence-electron chi connectivity index (χ2n) is 3.83. The Labute approximate surface area is 115 Å². The Morgan fingerprint density at radius 3 is 2.74 bits per heavy atom. The lowest BCUT2D eigenvalue weighted by Gasteiger charge is -2.07. The number of nitrogens with zero attached hydrogens (tertiary/aromatic N) is 1. The highest BCUT2D eigenvalue weighted by Crippen LogP contribution is 2.29. The third-order valence-corrected chi connectivity index (χ3v) is 2.76. The van der Waals surface area contributed by atoms with Crippen LogP contribution >= 0.6 is 11.6 Å². The van der Waals surface area contributed by atoms with Crippen LogP contribution in [-0.4, -0.2) is 10.8 Å². The fourth-order valence-electron chi connectivity index (χ4n) is 1.47. The highest BCUT2D eigenvalue weighted by atomic mass is 35.5. The summed E-state index contributed by atoms with van der Waals surface area (Å²) in [5.41, 5.74) is 0.389. The van der Waals surface area contributed by atoms with Gasteiger partial charge in [0.2, 0.25) is 0 Å². The average molecular weight is 280 g/mol. The molecule has 0 saturated carbocycles. The molecule has 0 atom stereocenters. The van der Waals surface area contributed by atoms with E-state index in [1.165, 1.54) is 24.4 Å². The maximum Gasteiger partial charge on any atom is 0.180 e. The number of rotatable bonds is 4. The Hall–Kier alpha value is -1.94. The van der Waals surface area contributed by atoms with Crippen molar-refractivity contribution in [2.24, 2.45) is 0 Å². The molecule has 98 valence electrons. The molecular weight excluding hydrogens is 269 g/mol. The molecule has 0 unspecified atom stereocenters. The predicted molar refractivity (Wildman–Crippen MR) is 70.3 cm³/mol. The van der Waals surface area contributed by atoms with Gasteiger partial charge >= 0.3 is 0 Å². The van der Waals surface area contributed by atoms with Gasteiger partial charge in [0.25, 0.3) is 0 Å². The fourth-order valence-corrected chi connectivity index (χ4v) is 1.68. The molecule has 0 N–H and O–H groups in total. The van der Waals surface area contributed by atoms with Gasteiger partial charge in [-0.15, -0.1) is 0 Å². The monoisotopic (exact) mass is 279 g/mol. The van der Waals surface area contributed by atoms with Crippen LogP contribution in [0.1, 0.15) is 23.8 Å². The molecule has 1 aromatic heterocycles. The minimum absolute atomic E-state index is 0.0358. The summed E-state index contributed by atoms with van der Waals surface area (Å²) >= 11 is 5.84. The average Bonchev–Trinajstić information content (AvgIpc) is 2.42. The lowest BCUT2D eigenvalue weighted by molar-refractivity contribution is 0.0983. The molecule has 1 aromatic carbocycles. The maximum atomic E-state index is 12.9. The highest BCUT2D eigenvalue weighted by molar-refractivity contribution is 6.32. The van der Waals surface area contributed by atoms with Crippen LogP contribution in [0, 0.1) is 5.82 Å². The Bertz CT molecular complexity index is 599. The minimum Gasteiger partial charge on any atom is -0.454 e. The van der Waals surface area contributed by atoms with E-state index >= 15 is 0 Å². The van der Waals surface area contributed by atoms with E-state index in [0.717, 1.165) is 0 Å². The number of hydrogen-bond acceptors (Lipinski definition) is 3. The number of ketones is 1. The zero-order valence-corrected chi connectivity index (χ0v) is 10.9. The van der Waals surface area contributed by atoms with E-state index < -0.39 is 5.82 Å². The predicted octanol–water partition coefficient (Wildman–Crippen LogP) is 4.26. The van der Waals surface area contributed by atoms with Crippen molar-refractivity contribution in [3.63, 3.8) is 0 Å². The van der Waals surface area contributed by atoms with Crippen molar-refractivity contribution >= 4 is 17.4 Å². The van der Waals surface area contributed by atoms with Crippen LogP contribution in [0.15, 0.2) is 36.5 Å². The number of Topliss-reactive ketones (excluding diaryl/α,β-unsaturated/α-hetero) is 1. The summed E-state index contributed by atoms with van der Waals surface area (Å²) in [4.78, 5) is 15.4. The number of ether oxygens (including phenoxy) is 1. The van der Waals surface area contributed by atoms with Crippen LogP contribution in [0.3, 0.4) is 0 Å². The number of aromatic nitrogens is 1. The van der Waals surface area contributed by atoms with Gasteiger partial charge in [0.05, 0.1) is 11.2 Å². The third-order valence-electron chi connectivity index (χ3n) is 2.46. The highest BCUT2D eigenvalue weighted by Gasteiger charge is 2.07. The number of carbonyl (C=O) groups is 1. The van der Waals surface area contributed by atoms with Crippen LogP contribution in [0.4, 0.5) is 4.39 Å². The van der Waals surface area contributed by atoms with Crippen LogP contribution < -0.4 is 4.74 Å². The molecular formula is C14H11ClFNO2. The zero-order valence-electron chi connectivity index (χ0n) is 10.2. The first kappa shape index (κ1) is 13.5. The number of halogens is 2. The lowest BCUT2D eigenvalue weighted by atomic mass is 10.2. The van der Waals surface area contributed by atoms with Gasteiger partial charge in [-0.1, -0.05) is 18.5 Å². The number of hydrogen-bond donors (Lipinski definition) is 0. The molecule has 5 heteroatoms. The number of pyridine rings is 1. The van der Waals surface area contributed by atoms with Gasteiger partial charge in [0, 0.05) is 6.42 Å². The van der Waals surface area contributed by atoms with E-state index in [1.807, 2.05) is 0 Å². The molecule has 0 aliphatic heterocycles. The van der Waals surface area contributed by atoms with Crippen LogP contribution in [0.5, 0.6) is 11.5 Å². The molecule has 19 heavy (non-hydrogen) atoms. The van der Waals surface area contributed by atoms with Crippen LogP contribution in [0.2, 0.25) is 5.02 Å². The Morgan fingerprint density at radius 1 is 1.37 bits per heavy atom. The molecule has 0 radical (unpaired) electrons. The van der Waals surface area contributed by atoms with E-state index in [1.54, 1.807) is 19.1 Å². The van der Waals surface area contributed by atoms with Gasteiger partial charge in [-0.3, -0.25) is 4.79 Å². The van der Waals surface area contributed by atoms with E-state index in [4.69, 9.17) is 16.3 Å². The molecule has 0 amide bonds. The molecule has 1 heterocycles. The second kappa shape index (κ2) is 5.80. The summed E-state index contributed by atoms with van der Waals surface area (Å²) < 4.78 is 18.3. The van der Waals surface area contributed by atoms with Crippen LogP contribution in [0.25, 0.3) is 0 Å². The van der Waals surface area contributed by atoms with Crippen molar-refractivity contribution in [3.05, 3.63) is 53.1 Å². The maximum absolute atomic E-state index is 12.9. The van der Waals surface area contributed by atoms with Crippen molar-refractivity contribution in [2.75, 3.05) is 0 Å². The summed E-state index contributed by atoms with van der Waals surface area (Å²) in [5.74, 6) is 0.298. The van der Waals surface area contributed by atoms with Gasteiger partial charge in [0.15, 0.2) is 5.78 Å². The third kappa shape index (κ3) is 3.29. The molecule has 0 spiro atoms. The second-order valence-corrected chi connectivity index (χ2v) is 4.24. The number of benzene rings is 1. The van der Waals surface area contributed by atoms with Crippen molar-refractivity contribution in [1.29, 1.82) is 0 Å². The first-order valence-corrected chi connectivity index (χ1v) is 6.10. The van der Waals surface area contributed by atoms with Crippen molar-refractivity contribution < 1.29 is 13.9 Å². The van der Waals surface area contributed by atoms with Gasteiger partial charge < -0.3 is 4.74 Å². The zero-order chi connectivity index (χ0) is 13.8. The number of carbonyl (C=O) groups excluding carboxylic acids is 1. The summed E-state index contributed by atoms with van der Waals surface area (Å²) in [5, 5.41) is 0.175. The quantitative estimate of drug-likeness (QED) is 0.785. The summed E-state index contributed by atoms with van der Waals surface area (Å²) in [6.45, 7) is 1.77. The van der Waals surface area contributed by atoms with E-state index in [0.29, 0.717) is 23.6 Å². The molecule has 3 nitrogen and oxygen atoms in total. The normalized spacial score (nSPS) is 10.3. The molecule has 0 aliphatic carbocycles. The van der Waals surface area contributed by atoms with Gasteiger partial charge in [-0.25, -0.2) is 9.37 Å². The Balaban J connectivity index is 2.17. The molecule has 0 aliphatic rings. The first-order valence-electron chi connectivity index (χ1n) is 5.72. The van der Waals surface area contributed by atoms with Gasteiger partial charge in [0.1, 0.15) is 23.0 Å². The molecule has 0 fully saturated rings. The summed E-state index contributed by atoms with van der Waals surface area (Å²) in [6, 6.07) is 7.06. The Kier molecular flexibility index (Phi) is 4.12. The molecule has 0 saturated heterocycles. The lowest BCUT2D eigenvalue weighted by Crippen LogP contribution is -1.99. The molecule has 2 aromatic rings.